The molecule has 0 aromatic heterocycles. The van der Waals surface area contributed by atoms with E-state index in [1.54, 1.807) is 0 Å². The number of rotatable bonds is 6. The Kier molecular flexibility index (Phi) is 4.26. The first-order valence-electron chi connectivity index (χ1n) is 5.11. The van der Waals surface area contributed by atoms with Gasteiger partial charge in [0, 0.05) is 23.8 Å². The first-order valence-corrected chi connectivity index (χ1v) is 6.33. The molecular weight excluding hydrogens is 196 g/mol. The molecule has 0 radical (unpaired) electrons. The van der Waals surface area contributed by atoms with Crippen molar-refractivity contribution in [3.63, 3.8) is 0 Å². The molecule has 0 aromatic rings. The molecule has 0 aliphatic heterocycles. The van der Waals surface area contributed by atoms with Crippen LogP contribution < -0.4 is 10.6 Å². The van der Waals surface area contributed by atoms with Crippen molar-refractivity contribution in [3.8, 4) is 0 Å². The van der Waals surface area contributed by atoms with Gasteiger partial charge in [0.05, 0.1) is 0 Å². The Labute approximate surface area is 90.4 Å². The van der Waals surface area contributed by atoms with E-state index < -0.39 is 0 Å². The fraction of sp³-hybridized carbons (Fsp3) is 0.900. The van der Waals surface area contributed by atoms with Crippen LogP contribution in [-0.4, -0.2) is 37.0 Å². The van der Waals surface area contributed by atoms with E-state index in [0.717, 1.165) is 13.1 Å². The van der Waals surface area contributed by atoms with E-state index >= 15 is 0 Å². The van der Waals surface area contributed by atoms with E-state index in [0.29, 0.717) is 4.75 Å². The van der Waals surface area contributed by atoms with Crippen LogP contribution in [0.2, 0.25) is 0 Å². The van der Waals surface area contributed by atoms with Crippen LogP contribution in [-0.2, 0) is 4.79 Å². The van der Waals surface area contributed by atoms with Crippen molar-refractivity contribution in [2.24, 2.45) is 5.92 Å². The highest BCUT2D eigenvalue weighted by Crippen LogP contribution is 2.46. The third-order valence-electron chi connectivity index (χ3n) is 2.78. The molecule has 1 atom stereocenters. The molecule has 0 heterocycles. The van der Waals surface area contributed by atoms with Crippen molar-refractivity contribution in [3.05, 3.63) is 0 Å². The zero-order valence-electron chi connectivity index (χ0n) is 9.22. The van der Waals surface area contributed by atoms with Crippen molar-refractivity contribution in [1.29, 1.82) is 0 Å². The summed E-state index contributed by atoms with van der Waals surface area (Å²) in [6.07, 6.45) is 4.61. The molecule has 1 fully saturated rings. The van der Waals surface area contributed by atoms with Gasteiger partial charge in [-0.15, -0.1) is 0 Å². The van der Waals surface area contributed by atoms with Crippen LogP contribution in [0.3, 0.4) is 0 Å². The fourth-order valence-corrected chi connectivity index (χ4v) is 2.14. The minimum Gasteiger partial charge on any atom is -0.354 e. The zero-order chi connectivity index (χ0) is 10.6. The normalized spacial score (nSPS) is 20.2. The number of amides is 1. The minimum atomic E-state index is 0.0673. The monoisotopic (exact) mass is 216 g/mol. The van der Waals surface area contributed by atoms with Gasteiger partial charge in [-0.05, 0) is 26.1 Å². The molecule has 0 saturated heterocycles. The average Bonchev–Trinajstić information content (AvgIpc) is 2.95. The Morgan fingerprint density at radius 2 is 2.21 bits per heavy atom. The highest BCUT2D eigenvalue weighted by molar-refractivity contribution is 8.00. The third kappa shape index (κ3) is 3.17. The summed E-state index contributed by atoms with van der Waals surface area (Å²) >= 11 is 1.87. The molecule has 1 aliphatic carbocycles. The van der Waals surface area contributed by atoms with E-state index in [1.165, 1.54) is 12.8 Å². The van der Waals surface area contributed by atoms with Crippen molar-refractivity contribution in [1.82, 2.24) is 10.6 Å². The molecule has 1 saturated carbocycles. The third-order valence-corrected chi connectivity index (χ3v) is 4.20. The summed E-state index contributed by atoms with van der Waals surface area (Å²) in [7, 11) is 1.87. The molecule has 0 aromatic carbocycles. The second-order valence-electron chi connectivity index (χ2n) is 4.06. The number of carbonyl (C=O) groups is 1. The van der Waals surface area contributed by atoms with Gasteiger partial charge in [-0.2, -0.15) is 11.8 Å². The lowest BCUT2D eigenvalue weighted by Gasteiger charge is -2.16. The molecule has 14 heavy (non-hydrogen) atoms. The zero-order valence-corrected chi connectivity index (χ0v) is 10.0. The second kappa shape index (κ2) is 5.03. The van der Waals surface area contributed by atoms with Gasteiger partial charge in [0.2, 0.25) is 5.91 Å². The van der Waals surface area contributed by atoms with Crippen molar-refractivity contribution >= 4 is 17.7 Å². The van der Waals surface area contributed by atoms with Gasteiger partial charge in [-0.25, -0.2) is 0 Å². The topological polar surface area (TPSA) is 41.1 Å². The number of carbonyl (C=O) groups excluding carboxylic acids is 1. The predicted octanol–water partition coefficient (Wildman–Crippen LogP) is 0.854. The summed E-state index contributed by atoms with van der Waals surface area (Å²) in [5.41, 5.74) is 0. The lowest BCUT2D eigenvalue weighted by Crippen LogP contribution is -2.38. The Bertz CT molecular complexity index is 204. The second-order valence-corrected chi connectivity index (χ2v) is 5.34. The SMILES string of the molecule is CNCC(C)C(=O)NCC1(SC)CC1. The highest BCUT2D eigenvalue weighted by atomic mass is 32.2. The van der Waals surface area contributed by atoms with Gasteiger partial charge in [0.1, 0.15) is 0 Å². The Balaban J connectivity index is 2.20. The maximum Gasteiger partial charge on any atom is 0.224 e. The first-order chi connectivity index (χ1) is 6.63. The van der Waals surface area contributed by atoms with E-state index in [9.17, 15) is 4.79 Å². The average molecular weight is 216 g/mol. The Hall–Kier alpha value is -0.220. The fourth-order valence-electron chi connectivity index (χ4n) is 1.41. The van der Waals surface area contributed by atoms with Gasteiger partial charge < -0.3 is 10.6 Å². The maximum absolute atomic E-state index is 11.6. The summed E-state index contributed by atoms with van der Waals surface area (Å²) in [6, 6.07) is 0. The largest absolute Gasteiger partial charge is 0.354 e. The standard InChI is InChI=1S/C10H20N2OS/c1-8(6-11-2)9(13)12-7-10(14-3)4-5-10/h8,11H,4-7H2,1-3H3,(H,12,13). The summed E-state index contributed by atoms with van der Waals surface area (Å²) < 4.78 is 0.370. The van der Waals surface area contributed by atoms with Gasteiger partial charge >= 0.3 is 0 Å². The lowest BCUT2D eigenvalue weighted by molar-refractivity contribution is -0.124. The van der Waals surface area contributed by atoms with Crippen LogP contribution >= 0.6 is 11.8 Å². The van der Waals surface area contributed by atoms with Gasteiger partial charge in [-0.1, -0.05) is 6.92 Å². The van der Waals surface area contributed by atoms with Gasteiger partial charge in [0.15, 0.2) is 0 Å². The molecule has 4 heteroatoms. The van der Waals surface area contributed by atoms with E-state index in [2.05, 4.69) is 16.9 Å². The van der Waals surface area contributed by atoms with Crippen LogP contribution in [0.4, 0.5) is 0 Å². The molecule has 1 rings (SSSR count). The number of nitrogens with one attached hydrogen (secondary N) is 2. The van der Waals surface area contributed by atoms with Crippen molar-refractivity contribution < 1.29 is 4.79 Å². The summed E-state index contributed by atoms with van der Waals surface area (Å²) in [6.45, 7) is 3.53. The number of thioether (sulfide) groups is 1. The molecule has 0 bridgehead atoms. The van der Waals surface area contributed by atoms with Crippen LogP contribution in [0.25, 0.3) is 0 Å². The highest BCUT2D eigenvalue weighted by Gasteiger charge is 2.42. The molecule has 1 unspecified atom stereocenters. The van der Waals surface area contributed by atoms with E-state index in [1.807, 2.05) is 25.7 Å². The van der Waals surface area contributed by atoms with E-state index in [-0.39, 0.29) is 11.8 Å². The van der Waals surface area contributed by atoms with Crippen LogP contribution in [0.1, 0.15) is 19.8 Å². The summed E-state index contributed by atoms with van der Waals surface area (Å²) in [4.78, 5) is 11.6. The van der Waals surface area contributed by atoms with Crippen LogP contribution in [0.15, 0.2) is 0 Å². The van der Waals surface area contributed by atoms with Gasteiger partial charge in [-0.3, -0.25) is 4.79 Å². The molecule has 2 N–H and O–H groups in total. The smallest absolute Gasteiger partial charge is 0.224 e. The lowest BCUT2D eigenvalue weighted by atomic mass is 10.1. The number of hydrogen-bond acceptors (Lipinski definition) is 3. The molecule has 82 valence electrons. The first kappa shape index (κ1) is 11.9. The summed E-state index contributed by atoms with van der Waals surface area (Å²) in [5.74, 6) is 0.234. The molecular formula is C10H20N2OS. The minimum absolute atomic E-state index is 0.0673. The Morgan fingerprint density at radius 3 is 2.64 bits per heavy atom. The van der Waals surface area contributed by atoms with Crippen molar-refractivity contribution in [2.75, 3.05) is 26.4 Å². The summed E-state index contributed by atoms with van der Waals surface area (Å²) in [5, 5.41) is 6.03. The molecule has 1 aliphatic rings. The quantitative estimate of drug-likeness (QED) is 0.692. The number of hydrogen-bond donors (Lipinski definition) is 2. The predicted molar refractivity (Wildman–Crippen MR) is 61.6 cm³/mol. The molecule has 1 amide bonds. The van der Waals surface area contributed by atoms with E-state index in [4.69, 9.17) is 0 Å². The van der Waals surface area contributed by atoms with Crippen LogP contribution in [0, 0.1) is 5.92 Å². The van der Waals surface area contributed by atoms with Crippen molar-refractivity contribution in [2.45, 2.75) is 24.5 Å². The Morgan fingerprint density at radius 1 is 1.57 bits per heavy atom. The molecule has 0 spiro atoms. The maximum atomic E-state index is 11.6. The van der Waals surface area contributed by atoms with Gasteiger partial charge in [0.25, 0.3) is 0 Å². The molecule has 3 nitrogen and oxygen atoms in total. The van der Waals surface area contributed by atoms with Crippen LogP contribution in [0.5, 0.6) is 0 Å².